The van der Waals surface area contributed by atoms with Gasteiger partial charge in [0.1, 0.15) is 5.01 Å². The van der Waals surface area contributed by atoms with Crippen LogP contribution < -0.4 is 5.32 Å². The summed E-state index contributed by atoms with van der Waals surface area (Å²) in [5.74, 6) is 0. The van der Waals surface area contributed by atoms with Crippen molar-refractivity contribution < 1.29 is 0 Å². The fraction of sp³-hybridized carbons (Fsp3) is 0.333. The van der Waals surface area contributed by atoms with E-state index in [2.05, 4.69) is 22.2 Å². The number of rotatable bonds is 4. The average molecular weight is 233 g/mol. The zero-order chi connectivity index (χ0) is 11.4. The average Bonchev–Trinajstić information content (AvgIpc) is 2.78. The van der Waals surface area contributed by atoms with E-state index < -0.39 is 0 Å². The van der Waals surface area contributed by atoms with Crippen molar-refractivity contribution in [3.63, 3.8) is 0 Å². The number of nitrogens with zero attached hydrogens (tertiary/aromatic N) is 2. The third-order valence-electron chi connectivity index (χ3n) is 2.46. The number of aromatic nitrogens is 2. The number of likely N-dealkylation sites (N-methyl/N-ethyl adjacent to an activating group) is 1. The third-order valence-corrected chi connectivity index (χ3v) is 3.53. The Morgan fingerprint density at radius 2 is 2.31 bits per heavy atom. The number of nitrogens with one attached hydrogen (secondary N) is 1. The quantitative estimate of drug-likeness (QED) is 0.881. The summed E-state index contributed by atoms with van der Waals surface area (Å²) in [6.07, 6.45) is 6.61. The van der Waals surface area contributed by atoms with Gasteiger partial charge in [-0.25, -0.2) is 4.98 Å². The van der Waals surface area contributed by atoms with Gasteiger partial charge in [0.2, 0.25) is 0 Å². The van der Waals surface area contributed by atoms with Crippen LogP contribution in [-0.2, 0) is 6.42 Å². The number of hydrogen-bond acceptors (Lipinski definition) is 4. The minimum atomic E-state index is 0.488. The molecule has 0 amide bonds. The van der Waals surface area contributed by atoms with Crippen LogP contribution in [0.5, 0.6) is 0 Å². The summed E-state index contributed by atoms with van der Waals surface area (Å²) in [5.41, 5.74) is 1.09. The van der Waals surface area contributed by atoms with Gasteiger partial charge in [-0.15, -0.1) is 11.3 Å². The van der Waals surface area contributed by atoms with Gasteiger partial charge in [-0.05, 0) is 32.5 Å². The van der Waals surface area contributed by atoms with E-state index in [4.69, 9.17) is 0 Å². The first kappa shape index (κ1) is 11.2. The summed E-state index contributed by atoms with van der Waals surface area (Å²) in [6, 6.07) is 4.46. The van der Waals surface area contributed by atoms with Gasteiger partial charge in [-0.3, -0.25) is 4.98 Å². The van der Waals surface area contributed by atoms with Gasteiger partial charge < -0.3 is 5.32 Å². The zero-order valence-corrected chi connectivity index (χ0v) is 10.3. The highest BCUT2D eigenvalue weighted by atomic mass is 32.1. The fourth-order valence-corrected chi connectivity index (χ4v) is 2.46. The van der Waals surface area contributed by atoms with Gasteiger partial charge in [0.05, 0.1) is 0 Å². The van der Waals surface area contributed by atoms with Crippen LogP contribution in [0.15, 0.2) is 30.7 Å². The Kier molecular flexibility index (Phi) is 3.64. The van der Waals surface area contributed by atoms with E-state index >= 15 is 0 Å². The first-order valence-corrected chi connectivity index (χ1v) is 6.13. The van der Waals surface area contributed by atoms with Crippen LogP contribution in [0.4, 0.5) is 0 Å². The van der Waals surface area contributed by atoms with Crippen LogP contribution in [-0.4, -0.2) is 23.1 Å². The fourth-order valence-electron chi connectivity index (χ4n) is 1.43. The summed E-state index contributed by atoms with van der Waals surface area (Å²) in [4.78, 5) is 9.83. The third kappa shape index (κ3) is 2.65. The molecule has 0 spiro atoms. The Morgan fingerprint density at radius 3 is 3.00 bits per heavy atom. The molecule has 2 heterocycles. The topological polar surface area (TPSA) is 37.8 Å². The van der Waals surface area contributed by atoms with Crippen molar-refractivity contribution in [2.24, 2.45) is 0 Å². The van der Waals surface area contributed by atoms with E-state index in [0.717, 1.165) is 17.0 Å². The maximum atomic E-state index is 4.42. The van der Waals surface area contributed by atoms with E-state index in [9.17, 15) is 0 Å². The summed E-state index contributed by atoms with van der Waals surface area (Å²) >= 11 is 1.74. The largest absolute Gasteiger partial charge is 0.317 e. The second-order valence-corrected chi connectivity index (χ2v) is 4.88. The van der Waals surface area contributed by atoms with E-state index in [1.165, 1.54) is 4.88 Å². The monoisotopic (exact) mass is 233 g/mol. The lowest BCUT2D eigenvalue weighted by molar-refractivity contribution is 0.612. The molecular formula is C12H15N3S. The maximum absolute atomic E-state index is 4.42. The van der Waals surface area contributed by atoms with Crippen LogP contribution >= 0.6 is 11.3 Å². The summed E-state index contributed by atoms with van der Waals surface area (Å²) in [7, 11) is 1.98. The molecule has 0 bridgehead atoms. The molecule has 4 heteroatoms. The van der Waals surface area contributed by atoms with Crippen molar-refractivity contribution in [1.29, 1.82) is 0 Å². The normalized spacial score (nSPS) is 12.6. The van der Waals surface area contributed by atoms with Gasteiger partial charge in [-0.1, -0.05) is 0 Å². The van der Waals surface area contributed by atoms with Crippen LogP contribution in [0.3, 0.4) is 0 Å². The molecule has 1 atom stereocenters. The molecule has 2 rings (SSSR count). The molecule has 16 heavy (non-hydrogen) atoms. The van der Waals surface area contributed by atoms with Gasteiger partial charge >= 0.3 is 0 Å². The van der Waals surface area contributed by atoms with Crippen LogP contribution in [0.1, 0.15) is 11.8 Å². The highest BCUT2D eigenvalue weighted by Crippen LogP contribution is 2.24. The molecule has 0 aliphatic rings. The molecule has 2 aromatic rings. The standard InChI is InChI=1S/C12H15N3S/c1-9(13-2)6-11-8-15-12(16-11)10-4-3-5-14-7-10/h3-5,7-9,13H,6H2,1-2H3. The molecule has 0 fully saturated rings. The summed E-state index contributed by atoms with van der Waals surface area (Å²) in [5, 5.41) is 4.28. The lowest BCUT2D eigenvalue weighted by Crippen LogP contribution is -2.22. The van der Waals surface area contributed by atoms with Crippen molar-refractivity contribution in [3.8, 4) is 10.6 Å². The van der Waals surface area contributed by atoms with Crippen molar-refractivity contribution in [1.82, 2.24) is 15.3 Å². The Balaban J connectivity index is 2.14. The number of pyridine rings is 1. The SMILES string of the molecule is CNC(C)Cc1cnc(-c2cccnc2)s1. The summed E-state index contributed by atoms with van der Waals surface area (Å²) in [6.45, 7) is 2.17. The minimum absolute atomic E-state index is 0.488. The molecule has 0 aromatic carbocycles. The van der Waals surface area contributed by atoms with Gasteiger partial charge in [0.25, 0.3) is 0 Å². The second-order valence-electron chi connectivity index (χ2n) is 3.77. The number of thiazole rings is 1. The Labute approximate surface area is 99.6 Å². The highest BCUT2D eigenvalue weighted by molar-refractivity contribution is 7.15. The molecule has 0 radical (unpaired) electrons. The van der Waals surface area contributed by atoms with Crippen molar-refractivity contribution in [3.05, 3.63) is 35.6 Å². The van der Waals surface area contributed by atoms with Gasteiger partial charge in [0.15, 0.2) is 0 Å². The van der Waals surface area contributed by atoms with Crippen molar-refractivity contribution in [2.75, 3.05) is 7.05 Å². The lowest BCUT2D eigenvalue weighted by atomic mass is 10.2. The molecule has 1 unspecified atom stereocenters. The molecule has 0 aliphatic carbocycles. The molecule has 1 N–H and O–H groups in total. The predicted molar refractivity (Wildman–Crippen MR) is 67.6 cm³/mol. The molecule has 2 aromatic heterocycles. The highest BCUT2D eigenvalue weighted by Gasteiger charge is 2.07. The Morgan fingerprint density at radius 1 is 1.44 bits per heavy atom. The lowest BCUT2D eigenvalue weighted by Gasteiger charge is -2.06. The zero-order valence-electron chi connectivity index (χ0n) is 9.47. The predicted octanol–water partition coefficient (Wildman–Crippen LogP) is 2.36. The van der Waals surface area contributed by atoms with Crippen LogP contribution in [0.2, 0.25) is 0 Å². The minimum Gasteiger partial charge on any atom is -0.317 e. The van der Waals surface area contributed by atoms with Crippen molar-refractivity contribution in [2.45, 2.75) is 19.4 Å². The first-order chi connectivity index (χ1) is 7.79. The smallest absolute Gasteiger partial charge is 0.125 e. The summed E-state index contributed by atoms with van der Waals surface area (Å²) < 4.78 is 0. The number of hydrogen-bond donors (Lipinski definition) is 1. The van der Waals surface area contributed by atoms with E-state index in [1.54, 1.807) is 17.5 Å². The molecular weight excluding hydrogens is 218 g/mol. The maximum Gasteiger partial charge on any atom is 0.125 e. The molecule has 0 saturated carbocycles. The van der Waals surface area contributed by atoms with Gasteiger partial charge in [-0.2, -0.15) is 0 Å². The molecule has 0 saturated heterocycles. The molecule has 3 nitrogen and oxygen atoms in total. The van der Waals surface area contributed by atoms with Crippen LogP contribution in [0.25, 0.3) is 10.6 Å². The first-order valence-electron chi connectivity index (χ1n) is 5.32. The van der Waals surface area contributed by atoms with E-state index in [0.29, 0.717) is 6.04 Å². The van der Waals surface area contributed by atoms with E-state index in [1.807, 2.05) is 31.6 Å². The Hall–Kier alpha value is -1.26. The Bertz CT molecular complexity index is 439. The van der Waals surface area contributed by atoms with E-state index in [-0.39, 0.29) is 0 Å². The second kappa shape index (κ2) is 5.18. The van der Waals surface area contributed by atoms with Crippen molar-refractivity contribution >= 4 is 11.3 Å². The molecule has 84 valence electrons. The molecule has 0 aliphatic heterocycles. The van der Waals surface area contributed by atoms with Gasteiger partial charge in [0, 0.05) is 35.1 Å². The van der Waals surface area contributed by atoms with Crippen LogP contribution in [0, 0.1) is 0 Å².